The number of hydrogen-bond donors (Lipinski definition) is 16. The number of carbonyl (C=O) groups excluding carboxylic acids is 6. The molecule has 0 aromatic rings. The Kier molecular flexibility index (Phi) is 68.8. The van der Waals surface area contributed by atoms with E-state index < -0.39 is 32.0 Å². The monoisotopic (exact) mass is 1830 g/mol. The second-order valence-corrected chi connectivity index (χ2v) is 36.2. The quantitative estimate of drug-likeness (QED) is 0.0102. The Morgan fingerprint density at radius 2 is 0.472 bits per heavy atom. The van der Waals surface area contributed by atoms with E-state index in [-0.39, 0.29) is 145 Å². The van der Waals surface area contributed by atoms with Crippen LogP contribution in [0.3, 0.4) is 0 Å². The van der Waals surface area contributed by atoms with Crippen LogP contribution in [0.2, 0.25) is 0 Å². The van der Waals surface area contributed by atoms with Gasteiger partial charge in [0, 0.05) is 181 Å². The molecule has 1 saturated heterocycles. The molecule has 0 saturated carbocycles. The van der Waals surface area contributed by atoms with Crippen molar-refractivity contribution < 1.29 is 52.3 Å². The Morgan fingerprint density at radius 1 is 0.280 bits per heavy atom. The highest BCUT2D eigenvalue weighted by atomic mass is 33.1. The molecule has 0 aromatic heterocycles. The van der Waals surface area contributed by atoms with Gasteiger partial charge in [-0.25, -0.2) is 33.2 Å². The van der Waals surface area contributed by atoms with Crippen molar-refractivity contribution in [1.82, 2.24) is 38.5 Å². The number of ether oxygens (including phenoxy) is 4. The first-order chi connectivity index (χ1) is 60.1. The summed E-state index contributed by atoms with van der Waals surface area (Å²) in [4.78, 5) is 127. The molecule has 125 heavy (non-hydrogen) atoms. The maximum absolute atomic E-state index is 18.0. The fourth-order valence-corrected chi connectivity index (χ4v) is 18.6. The molecule has 722 valence electrons. The molecule has 0 aliphatic carbocycles. The number of piperazine rings is 1. The van der Waals surface area contributed by atoms with Gasteiger partial charge in [0.15, 0.2) is 47.7 Å². The van der Waals surface area contributed by atoms with Gasteiger partial charge >= 0.3 is 24.4 Å². The summed E-state index contributed by atoms with van der Waals surface area (Å²) in [6, 6.07) is 0. The van der Waals surface area contributed by atoms with Crippen LogP contribution in [0.25, 0.3) is 0 Å². The van der Waals surface area contributed by atoms with E-state index in [2.05, 4.69) is 39.9 Å². The Balaban J connectivity index is 4.46. The van der Waals surface area contributed by atoms with E-state index >= 15 is 4.57 Å². The summed E-state index contributed by atoms with van der Waals surface area (Å²) in [6.07, 6.45) is 21.8. The Bertz CT molecular complexity index is 2730. The van der Waals surface area contributed by atoms with Gasteiger partial charge in [0.25, 0.3) is 7.59 Å². The van der Waals surface area contributed by atoms with Crippen molar-refractivity contribution in [1.29, 1.82) is 0 Å². The van der Waals surface area contributed by atoms with E-state index in [0.29, 0.717) is 174 Å². The van der Waals surface area contributed by atoms with Crippen LogP contribution < -0.4 is 91.7 Å². The van der Waals surface area contributed by atoms with Crippen LogP contribution in [0.15, 0.2) is 39.9 Å². The minimum atomic E-state index is -4.44. The van der Waals surface area contributed by atoms with Gasteiger partial charge in [0.2, 0.25) is 5.91 Å². The van der Waals surface area contributed by atoms with E-state index in [1.807, 2.05) is 0 Å². The Hall–Kier alpha value is -8.81. The van der Waals surface area contributed by atoms with Crippen molar-refractivity contribution in [2.75, 3.05) is 195 Å². The van der Waals surface area contributed by atoms with Crippen molar-refractivity contribution in [3.8, 4) is 0 Å². The van der Waals surface area contributed by atoms with E-state index in [9.17, 15) is 28.8 Å². The largest absolute Gasteiger partial charge is 0.448 e. The molecule has 0 unspecified atom stereocenters. The number of nitrogens with two attached hydrogens (primary N) is 16. The predicted octanol–water partition coefficient (Wildman–Crippen LogP) is 4.02. The third-order valence-corrected chi connectivity index (χ3v) is 25.9. The highest BCUT2D eigenvalue weighted by molar-refractivity contribution is 8.76. The fraction of sp³-hybridized carbons (Fsp3) is 0.823. The first-order valence-corrected chi connectivity index (χ1v) is 49.1. The summed E-state index contributed by atoms with van der Waals surface area (Å²) in [6.45, 7) is 6.57. The van der Waals surface area contributed by atoms with Crippen LogP contribution in [0, 0.1) is 0 Å². The average molecular weight is 1830 g/mol. The molecule has 46 heteroatoms. The van der Waals surface area contributed by atoms with E-state index in [1.165, 1.54) is 21.6 Å². The topological polar surface area (TPSA) is 698 Å². The van der Waals surface area contributed by atoms with Crippen molar-refractivity contribution in [3.05, 3.63) is 0 Å². The van der Waals surface area contributed by atoms with Crippen LogP contribution in [0.5, 0.6) is 0 Å². The van der Waals surface area contributed by atoms with E-state index in [1.54, 1.807) is 45.4 Å². The lowest BCUT2D eigenvalue weighted by molar-refractivity contribution is -0.132. The minimum absolute atomic E-state index is 0.0132. The zero-order chi connectivity index (χ0) is 92.4. The van der Waals surface area contributed by atoms with Crippen molar-refractivity contribution >= 4 is 113 Å². The van der Waals surface area contributed by atoms with Gasteiger partial charge in [-0.2, -0.15) is 0 Å². The highest BCUT2D eigenvalue weighted by Gasteiger charge is 2.45. The molecule has 1 aliphatic heterocycles. The molecule has 1 rings (SSSR count). The molecule has 1 heterocycles. The molecule has 0 radical (unpaired) electrons. The third-order valence-electron chi connectivity index (χ3n) is 20.1. The van der Waals surface area contributed by atoms with Crippen LogP contribution >= 0.6 is 29.2 Å². The number of amides is 5. The van der Waals surface area contributed by atoms with Crippen molar-refractivity contribution in [3.63, 3.8) is 0 Å². The molecule has 0 atom stereocenters. The highest BCUT2D eigenvalue weighted by Crippen LogP contribution is 2.56. The van der Waals surface area contributed by atoms with Gasteiger partial charge < -0.3 is 135 Å². The Labute approximate surface area is 751 Å². The van der Waals surface area contributed by atoms with Crippen molar-refractivity contribution in [2.45, 2.75) is 225 Å². The number of hydrogen-bond acceptors (Lipinski definition) is 21. The van der Waals surface area contributed by atoms with Crippen molar-refractivity contribution in [2.24, 2.45) is 132 Å². The number of ketones is 1. The van der Waals surface area contributed by atoms with Crippen LogP contribution in [-0.4, -0.2) is 317 Å². The molecule has 5 amide bonds. The SMILES string of the molecule is CC(=O)CCSSCCC(=O)N1CCN(P(=O)(N(CCOC(=O)N(CCCCCCN=C(N)N)CCCCCCN=C(N)N)CCOC(=O)N(CCCCCCN=C(N)N)CCCCCCN=C(N)N)N(CCOC(=O)N(CCCCCCN=C(N)N)CCCCCCN=C(N)N)CCOC(=O)N(CCCCCCN=C(N)N)CCCCCCN=C(N)N)CC1. The number of nitrogens with zero attached hydrogens (tertiary/aromatic N) is 16. The molecule has 0 bridgehead atoms. The molecule has 0 spiro atoms. The van der Waals surface area contributed by atoms with Gasteiger partial charge in [0.05, 0.1) is 0 Å². The number of guanidine groups is 8. The van der Waals surface area contributed by atoms with Crippen LogP contribution in [-0.2, 0) is 33.1 Å². The lowest BCUT2D eigenvalue weighted by Gasteiger charge is -2.47. The first-order valence-electron chi connectivity index (χ1n) is 45.0. The fourth-order valence-electron chi connectivity index (χ4n) is 13.4. The minimum Gasteiger partial charge on any atom is -0.448 e. The molecule has 0 aromatic carbocycles. The summed E-state index contributed by atoms with van der Waals surface area (Å²) in [5.74, 6) is 1.17. The molecule has 1 aliphatic rings. The summed E-state index contributed by atoms with van der Waals surface area (Å²) in [5, 5.41) is 0. The standard InChI is InChI=1S/C79H163N32O11PS2/c1-66(112)34-64-124-125-65-35-67(113)104-52-54-109(55-53-104)123(118,110(56-60-119-76(114)105(44-26-10-2-18-36-96-68(80)81)45-27-11-3-19-37-97-69(82)83)57-61-120-77(115)106(46-28-12-4-20-38-98-70(84)85)47-29-13-5-21-39-99-71(86)87)111(58-62-121-78(116)107(48-30-14-6-22-40-100-72(88)89)49-31-15-7-23-41-101-73(90)91)59-63-122-79(117)108(50-32-16-8-24-42-102-74(92)93)51-33-17-9-25-43-103-75(94)95/h2-65H2,1H3,(H4,80,81,96)(H4,82,83,97)(H4,84,85,98)(H4,86,87,99)(H4,88,89,100)(H4,90,91,101)(H4,92,93,102)(H4,94,95,103). The van der Waals surface area contributed by atoms with E-state index in [4.69, 9.17) is 111 Å². The number of Topliss-reactive ketones (excluding diaryl/α,β-unsaturated/α-hetero) is 1. The smallest absolute Gasteiger partial charge is 0.409 e. The zero-order valence-electron chi connectivity index (χ0n) is 75.4. The zero-order valence-corrected chi connectivity index (χ0v) is 77.9. The second-order valence-electron chi connectivity index (χ2n) is 30.8. The summed E-state index contributed by atoms with van der Waals surface area (Å²) in [5.41, 5.74) is 89.7. The van der Waals surface area contributed by atoms with E-state index in [0.717, 1.165) is 154 Å². The summed E-state index contributed by atoms with van der Waals surface area (Å²) < 4.78 is 48.4. The van der Waals surface area contributed by atoms with Gasteiger partial charge in [-0.3, -0.25) is 54.1 Å². The molecule has 1 fully saturated rings. The maximum Gasteiger partial charge on any atom is 0.409 e. The lowest BCUT2D eigenvalue weighted by atomic mass is 10.1. The lowest BCUT2D eigenvalue weighted by Crippen LogP contribution is -2.53. The van der Waals surface area contributed by atoms with Gasteiger partial charge in [0.1, 0.15) is 32.2 Å². The summed E-state index contributed by atoms with van der Waals surface area (Å²) >= 11 is 0. The van der Waals surface area contributed by atoms with Gasteiger partial charge in [-0.05, 0) is 110 Å². The molecular formula is C79H163N32O11PS2. The number of rotatable bonds is 78. The number of carbonyl (C=O) groups is 6. The molecular weight excluding hydrogens is 1670 g/mol. The van der Waals surface area contributed by atoms with Gasteiger partial charge in [-0.15, -0.1) is 0 Å². The summed E-state index contributed by atoms with van der Waals surface area (Å²) in [7, 11) is -1.40. The Morgan fingerprint density at radius 3 is 0.664 bits per heavy atom. The third kappa shape index (κ3) is 63.7. The van der Waals surface area contributed by atoms with Gasteiger partial charge in [-0.1, -0.05) is 124 Å². The number of aliphatic imine (C=N–C) groups is 8. The van der Waals surface area contributed by atoms with Crippen LogP contribution in [0.1, 0.15) is 225 Å². The first kappa shape index (κ1) is 114. The predicted molar refractivity (Wildman–Crippen MR) is 509 cm³/mol. The average Bonchev–Trinajstić information content (AvgIpc) is 0.771. The van der Waals surface area contributed by atoms with Crippen LogP contribution in [0.4, 0.5) is 19.2 Å². The molecule has 43 nitrogen and oxygen atoms in total. The molecule has 32 N–H and O–H groups in total. The second kappa shape index (κ2) is 75.3. The number of unbranched alkanes of at least 4 members (excludes halogenated alkanes) is 24. The normalized spacial score (nSPS) is 12.0. The maximum atomic E-state index is 18.0.